The summed E-state index contributed by atoms with van der Waals surface area (Å²) in [6, 6.07) is 12.3. The van der Waals surface area contributed by atoms with Crippen molar-refractivity contribution < 1.29 is 19.1 Å². The number of carbonyl (C=O) groups excluding carboxylic acids is 2. The van der Waals surface area contributed by atoms with Crippen molar-refractivity contribution in [2.45, 2.75) is 6.92 Å². The Morgan fingerprint density at radius 1 is 1.00 bits per heavy atom. The van der Waals surface area contributed by atoms with Crippen LogP contribution in [0.1, 0.15) is 26.5 Å². The van der Waals surface area contributed by atoms with Crippen molar-refractivity contribution in [1.82, 2.24) is 19.9 Å². The molecule has 0 aliphatic carbocycles. The summed E-state index contributed by atoms with van der Waals surface area (Å²) < 4.78 is 10.6. The molecular weight excluding hydrogens is 386 g/mol. The molecule has 0 unspecified atom stereocenters. The second-order valence-corrected chi connectivity index (χ2v) is 6.67. The molecule has 9 heteroatoms. The summed E-state index contributed by atoms with van der Waals surface area (Å²) in [6.07, 6.45) is 0. The van der Waals surface area contributed by atoms with Gasteiger partial charge in [0.05, 0.1) is 36.9 Å². The lowest BCUT2D eigenvalue weighted by molar-refractivity contribution is 0.0828. The summed E-state index contributed by atoms with van der Waals surface area (Å²) >= 11 is 0. The van der Waals surface area contributed by atoms with E-state index in [4.69, 9.17) is 9.47 Å². The Hall–Kier alpha value is -3.88. The molecular formula is C21H23N5O4. The van der Waals surface area contributed by atoms with Gasteiger partial charge in [0.2, 0.25) is 0 Å². The molecule has 1 N–H and O–H groups in total. The maximum atomic E-state index is 13.0. The van der Waals surface area contributed by atoms with Crippen LogP contribution < -0.4 is 14.8 Å². The number of hydrogen-bond donors (Lipinski definition) is 1. The van der Waals surface area contributed by atoms with Crippen molar-refractivity contribution in [3.8, 4) is 17.2 Å². The van der Waals surface area contributed by atoms with Gasteiger partial charge >= 0.3 is 0 Å². The number of ether oxygens (including phenoxy) is 2. The lowest BCUT2D eigenvalue weighted by Crippen LogP contribution is -2.24. The van der Waals surface area contributed by atoms with Crippen LogP contribution in [-0.4, -0.2) is 60.0 Å². The summed E-state index contributed by atoms with van der Waals surface area (Å²) in [5.41, 5.74) is 1.88. The van der Waals surface area contributed by atoms with E-state index in [2.05, 4.69) is 15.5 Å². The highest BCUT2D eigenvalue weighted by Gasteiger charge is 2.22. The van der Waals surface area contributed by atoms with E-state index in [1.54, 1.807) is 27.1 Å². The van der Waals surface area contributed by atoms with Crippen LogP contribution in [-0.2, 0) is 0 Å². The molecule has 30 heavy (non-hydrogen) atoms. The third kappa shape index (κ3) is 4.09. The largest absolute Gasteiger partial charge is 0.493 e. The van der Waals surface area contributed by atoms with Crippen molar-refractivity contribution in [2.24, 2.45) is 0 Å². The number of hydrogen-bond acceptors (Lipinski definition) is 6. The number of carbonyl (C=O) groups is 2. The molecule has 0 atom stereocenters. The van der Waals surface area contributed by atoms with E-state index in [1.807, 2.05) is 30.3 Å². The van der Waals surface area contributed by atoms with Crippen molar-refractivity contribution in [3.05, 3.63) is 59.4 Å². The van der Waals surface area contributed by atoms with Gasteiger partial charge in [-0.15, -0.1) is 5.10 Å². The molecule has 1 aromatic heterocycles. The van der Waals surface area contributed by atoms with Crippen LogP contribution in [0.25, 0.3) is 5.69 Å². The molecule has 0 aliphatic rings. The molecule has 2 amide bonds. The minimum absolute atomic E-state index is 0.150. The lowest BCUT2D eigenvalue weighted by Gasteiger charge is -2.17. The van der Waals surface area contributed by atoms with Crippen molar-refractivity contribution in [2.75, 3.05) is 33.6 Å². The van der Waals surface area contributed by atoms with E-state index in [-0.39, 0.29) is 22.9 Å². The summed E-state index contributed by atoms with van der Waals surface area (Å²) in [5, 5.41) is 11.4. The summed E-state index contributed by atoms with van der Waals surface area (Å²) in [6.45, 7) is 1.70. The highest BCUT2D eigenvalue weighted by Crippen LogP contribution is 2.34. The Bertz CT molecular complexity index is 1080. The van der Waals surface area contributed by atoms with Gasteiger partial charge in [-0.25, -0.2) is 0 Å². The van der Waals surface area contributed by atoms with Gasteiger partial charge in [-0.05, 0) is 25.1 Å². The van der Waals surface area contributed by atoms with Crippen molar-refractivity contribution >= 4 is 17.5 Å². The molecule has 2 aromatic carbocycles. The normalized spacial score (nSPS) is 10.4. The zero-order chi connectivity index (χ0) is 21.8. The first-order valence-corrected chi connectivity index (χ1v) is 9.14. The molecule has 0 radical (unpaired) electrons. The van der Waals surface area contributed by atoms with Crippen LogP contribution >= 0.6 is 0 Å². The summed E-state index contributed by atoms with van der Waals surface area (Å²) in [7, 11) is 6.21. The lowest BCUT2D eigenvalue weighted by atomic mass is 10.1. The van der Waals surface area contributed by atoms with Gasteiger partial charge in [-0.3, -0.25) is 9.59 Å². The second-order valence-electron chi connectivity index (χ2n) is 6.67. The van der Waals surface area contributed by atoms with E-state index in [0.29, 0.717) is 17.2 Å². The van der Waals surface area contributed by atoms with E-state index in [0.717, 1.165) is 5.69 Å². The number of benzene rings is 2. The topological polar surface area (TPSA) is 98.6 Å². The smallest absolute Gasteiger partial charge is 0.278 e. The SMILES string of the molecule is COc1cc(NC(=O)c2nn(-c3ccccc3)nc2C)c(C(=O)N(C)C)cc1OC. The zero-order valence-corrected chi connectivity index (χ0v) is 17.5. The highest BCUT2D eigenvalue weighted by molar-refractivity contribution is 6.09. The molecule has 0 fully saturated rings. The highest BCUT2D eigenvalue weighted by atomic mass is 16.5. The molecule has 9 nitrogen and oxygen atoms in total. The van der Waals surface area contributed by atoms with Crippen LogP contribution in [0.15, 0.2) is 42.5 Å². The maximum absolute atomic E-state index is 13.0. The van der Waals surface area contributed by atoms with Crippen LogP contribution in [0.3, 0.4) is 0 Å². The predicted molar refractivity (Wildman–Crippen MR) is 112 cm³/mol. The van der Waals surface area contributed by atoms with E-state index >= 15 is 0 Å². The Labute approximate surface area is 174 Å². The molecule has 0 saturated carbocycles. The third-order valence-corrected chi connectivity index (χ3v) is 4.39. The van der Waals surface area contributed by atoms with Crippen molar-refractivity contribution in [3.63, 3.8) is 0 Å². The van der Waals surface area contributed by atoms with Crippen molar-refractivity contribution in [1.29, 1.82) is 0 Å². The average molecular weight is 409 g/mol. The Morgan fingerprint density at radius 2 is 1.63 bits per heavy atom. The predicted octanol–water partition coefficient (Wildman–Crippen LogP) is 2.55. The molecule has 3 aromatic rings. The summed E-state index contributed by atoms with van der Waals surface area (Å²) in [5.74, 6) is -0.0229. The van der Waals surface area contributed by atoms with Gasteiger partial charge in [-0.2, -0.15) is 9.90 Å². The number of aromatic nitrogens is 3. The second kappa shape index (κ2) is 8.64. The third-order valence-electron chi connectivity index (χ3n) is 4.39. The number of nitrogens with one attached hydrogen (secondary N) is 1. The molecule has 0 bridgehead atoms. The van der Waals surface area contributed by atoms with Gasteiger partial charge < -0.3 is 19.7 Å². The minimum atomic E-state index is -0.491. The molecule has 0 aliphatic heterocycles. The van der Waals surface area contributed by atoms with Gasteiger partial charge in [0.15, 0.2) is 17.2 Å². The first kappa shape index (κ1) is 20.8. The van der Waals surface area contributed by atoms with Crippen LogP contribution in [0.5, 0.6) is 11.5 Å². The molecule has 1 heterocycles. The standard InChI is InChI=1S/C21H23N5O4/c1-13-19(24-26(23-13)14-9-7-6-8-10-14)20(27)22-16-12-18(30-5)17(29-4)11-15(16)21(28)25(2)3/h6-12H,1-5H3,(H,22,27). The van der Waals surface area contributed by atoms with Gasteiger partial charge in [-0.1, -0.05) is 18.2 Å². The minimum Gasteiger partial charge on any atom is -0.493 e. The first-order chi connectivity index (χ1) is 14.3. The fraction of sp³-hybridized carbons (Fsp3) is 0.238. The average Bonchev–Trinajstić information content (AvgIpc) is 3.15. The first-order valence-electron chi connectivity index (χ1n) is 9.14. The summed E-state index contributed by atoms with van der Waals surface area (Å²) in [4.78, 5) is 28.4. The Morgan fingerprint density at radius 3 is 2.23 bits per heavy atom. The number of para-hydroxylation sites is 1. The molecule has 0 spiro atoms. The van der Waals surface area contributed by atoms with E-state index < -0.39 is 5.91 Å². The van der Waals surface area contributed by atoms with Crippen LogP contribution in [0, 0.1) is 6.92 Å². The molecule has 0 saturated heterocycles. The number of methoxy groups -OCH3 is 2. The van der Waals surface area contributed by atoms with Crippen LogP contribution in [0.4, 0.5) is 5.69 Å². The number of amides is 2. The van der Waals surface area contributed by atoms with E-state index in [1.165, 1.54) is 30.0 Å². The number of rotatable bonds is 6. The number of aryl methyl sites for hydroxylation is 1. The van der Waals surface area contributed by atoms with Gasteiger partial charge in [0.1, 0.15) is 0 Å². The number of nitrogens with zero attached hydrogens (tertiary/aromatic N) is 4. The Kier molecular flexibility index (Phi) is 6.01. The van der Waals surface area contributed by atoms with Gasteiger partial charge in [0, 0.05) is 20.2 Å². The van der Waals surface area contributed by atoms with E-state index in [9.17, 15) is 9.59 Å². The molecule has 156 valence electrons. The monoisotopic (exact) mass is 409 g/mol. The Balaban J connectivity index is 1.98. The molecule has 3 rings (SSSR count). The number of anilines is 1. The quantitative estimate of drug-likeness (QED) is 0.672. The maximum Gasteiger partial charge on any atom is 0.278 e. The van der Waals surface area contributed by atoms with Crippen LogP contribution in [0.2, 0.25) is 0 Å². The fourth-order valence-electron chi connectivity index (χ4n) is 2.85. The fourth-order valence-corrected chi connectivity index (χ4v) is 2.85. The van der Waals surface area contributed by atoms with Gasteiger partial charge in [0.25, 0.3) is 11.8 Å². The zero-order valence-electron chi connectivity index (χ0n) is 17.5.